The third kappa shape index (κ3) is 3.07. The second kappa shape index (κ2) is 7.01. The molecule has 110 valence electrons. The van der Waals surface area contributed by atoms with Crippen LogP contribution in [-0.4, -0.2) is 11.5 Å². The second-order valence-electron chi connectivity index (χ2n) is 5.34. The van der Waals surface area contributed by atoms with Gasteiger partial charge in [0, 0.05) is 17.7 Å². The lowest BCUT2D eigenvalue weighted by atomic mass is 9.85. The van der Waals surface area contributed by atoms with Crippen molar-refractivity contribution in [1.29, 1.82) is 0 Å². The largest absolute Gasteiger partial charge is 0.330 e. The topological polar surface area (TPSA) is 38.9 Å². The van der Waals surface area contributed by atoms with Gasteiger partial charge in [0.15, 0.2) is 0 Å². The molecule has 2 N–H and O–H groups in total. The van der Waals surface area contributed by atoms with Crippen LogP contribution in [0.15, 0.2) is 79.0 Å². The zero-order chi connectivity index (χ0) is 15.2. The first kappa shape index (κ1) is 14.5. The molecule has 0 bridgehead atoms. The number of nitrogens with two attached hydrogens (primary N) is 1. The highest BCUT2D eigenvalue weighted by Crippen LogP contribution is 2.34. The van der Waals surface area contributed by atoms with Crippen molar-refractivity contribution < 1.29 is 0 Å². The van der Waals surface area contributed by atoms with Crippen molar-refractivity contribution in [1.82, 2.24) is 4.98 Å². The van der Waals surface area contributed by atoms with E-state index in [1.807, 2.05) is 24.4 Å². The van der Waals surface area contributed by atoms with Crippen molar-refractivity contribution in [2.24, 2.45) is 5.73 Å². The van der Waals surface area contributed by atoms with Gasteiger partial charge in [-0.2, -0.15) is 0 Å². The van der Waals surface area contributed by atoms with Gasteiger partial charge in [-0.25, -0.2) is 0 Å². The van der Waals surface area contributed by atoms with Gasteiger partial charge in [0.2, 0.25) is 0 Å². The Morgan fingerprint density at radius 1 is 0.818 bits per heavy atom. The van der Waals surface area contributed by atoms with Crippen LogP contribution in [0.5, 0.6) is 0 Å². The van der Waals surface area contributed by atoms with Gasteiger partial charge in [0.25, 0.3) is 0 Å². The molecule has 0 radical (unpaired) electrons. The number of rotatable bonds is 5. The molecule has 0 aliphatic carbocycles. The van der Waals surface area contributed by atoms with Gasteiger partial charge in [0.1, 0.15) is 0 Å². The van der Waals surface area contributed by atoms with Gasteiger partial charge in [-0.3, -0.25) is 4.98 Å². The van der Waals surface area contributed by atoms with Gasteiger partial charge in [-0.05, 0) is 36.2 Å². The molecule has 0 aliphatic rings. The molecule has 1 unspecified atom stereocenters. The molecular formula is C20H20N2. The molecule has 0 fully saturated rings. The minimum atomic E-state index is 0.296. The second-order valence-corrected chi connectivity index (χ2v) is 5.34. The number of hydrogen-bond donors (Lipinski definition) is 1. The minimum absolute atomic E-state index is 0.296. The van der Waals surface area contributed by atoms with Crippen LogP contribution >= 0.6 is 0 Å². The standard InChI is InChI=1S/C20H20N2/c21-14-13-17(16-8-2-1-3-9-16)18-10-4-5-11-19(18)20-12-6-7-15-22-20/h1-12,15,17H,13-14,21H2. The van der Waals surface area contributed by atoms with Crippen LogP contribution in [0, 0.1) is 0 Å². The molecule has 2 nitrogen and oxygen atoms in total. The maximum atomic E-state index is 5.88. The molecule has 0 saturated carbocycles. The lowest BCUT2D eigenvalue weighted by Gasteiger charge is -2.20. The van der Waals surface area contributed by atoms with Gasteiger partial charge >= 0.3 is 0 Å². The minimum Gasteiger partial charge on any atom is -0.330 e. The average molecular weight is 288 g/mol. The third-order valence-corrected chi connectivity index (χ3v) is 3.93. The first-order valence-corrected chi connectivity index (χ1v) is 7.65. The summed E-state index contributed by atoms with van der Waals surface area (Å²) in [7, 11) is 0. The van der Waals surface area contributed by atoms with Crippen LogP contribution in [0.1, 0.15) is 23.5 Å². The highest BCUT2D eigenvalue weighted by Gasteiger charge is 2.17. The summed E-state index contributed by atoms with van der Waals surface area (Å²) < 4.78 is 0. The van der Waals surface area contributed by atoms with Crippen LogP contribution in [0.25, 0.3) is 11.3 Å². The summed E-state index contributed by atoms with van der Waals surface area (Å²) in [6.45, 7) is 0.663. The third-order valence-electron chi connectivity index (χ3n) is 3.93. The van der Waals surface area contributed by atoms with E-state index in [0.29, 0.717) is 12.5 Å². The quantitative estimate of drug-likeness (QED) is 0.763. The molecule has 0 amide bonds. The lowest BCUT2D eigenvalue weighted by molar-refractivity contribution is 0.727. The van der Waals surface area contributed by atoms with Crippen molar-refractivity contribution in [3.05, 3.63) is 90.1 Å². The van der Waals surface area contributed by atoms with E-state index in [2.05, 4.69) is 59.6 Å². The molecule has 1 heterocycles. The van der Waals surface area contributed by atoms with Crippen LogP contribution < -0.4 is 5.73 Å². The van der Waals surface area contributed by atoms with E-state index in [-0.39, 0.29) is 0 Å². The number of aromatic nitrogens is 1. The van der Waals surface area contributed by atoms with Crippen molar-refractivity contribution in [3.63, 3.8) is 0 Å². The molecule has 2 aromatic carbocycles. The van der Waals surface area contributed by atoms with Gasteiger partial charge in [-0.1, -0.05) is 60.7 Å². The van der Waals surface area contributed by atoms with E-state index in [4.69, 9.17) is 5.73 Å². The fourth-order valence-electron chi connectivity index (χ4n) is 2.91. The van der Waals surface area contributed by atoms with E-state index in [9.17, 15) is 0 Å². The average Bonchev–Trinajstić information content (AvgIpc) is 2.61. The summed E-state index contributed by atoms with van der Waals surface area (Å²) in [5.74, 6) is 0.296. The predicted octanol–water partition coefficient (Wildman–Crippen LogP) is 4.23. The summed E-state index contributed by atoms with van der Waals surface area (Å²) in [5, 5.41) is 0. The first-order valence-electron chi connectivity index (χ1n) is 7.65. The Hall–Kier alpha value is -2.45. The molecular weight excluding hydrogens is 268 g/mol. The van der Waals surface area contributed by atoms with Crippen molar-refractivity contribution in [2.75, 3.05) is 6.54 Å². The predicted molar refractivity (Wildman–Crippen MR) is 91.6 cm³/mol. The maximum absolute atomic E-state index is 5.88. The summed E-state index contributed by atoms with van der Waals surface area (Å²) in [5.41, 5.74) is 10.7. The first-order chi connectivity index (χ1) is 10.9. The molecule has 0 aliphatic heterocycles. The van der Waals surface area contributed by atoms with Crippen LogP contribution in [-0.2, 0) is 0 Å². The number of benzene rings is 2. The van der Waals surface area contributed by atoms with Gasteiger partial charge < -0.3 is 5.73 Å². The van der Waals surface area contributed by atoms with E-state index in [0.717, 1.165) is 12.1 Å². The maximum Gasteiger partial charge on any atom is 0.0704 e. The monoisotopic (exact) mass is 288 g/mol. The Labute approximate surface area is 131 Å². The molecule has 22 heavy (non-hydrogen) atoms. The highest BCUT2D eigenvalue weighted by atomic mass is 14.7. The van der Waals surface area contributed by atoms with Gasteiger partial charge in [0.05, 0.1) is 5.69 Å². The summed E-state index contributed by atoms with van der Waals surface area (Å²) in [4.78, 5) is 4.51. The zero-order valence-corrected chi connectivity index (χ0v) is 12.5. The van der Waals surface area contributed by atoms with E-state index < -0.39 is 0 Å². The molecule has 3 aromatic rings. The fraction of sp³-hybridized carbons (Fsp3) is 0.150. The van der Waals surface area contributed by atoms with E-state index in [1.165, 1.54) is 16.7 Å². The molecule has 3 rings (SSSR count). The zero-order valence-electron chi connectivity index (χ0n) is 12.5. The molecule has 0 saturated heterocycles. The highest BCUT2D eigenvalue weighted by molar-refractivity contribution is 5.65. The Balaban J connectivity index is 2.09. The number of pyridine rings is 1. The molecule has 1 aromatic heterocycles. The molecule has 0 spiro atoms. The van der Waals surface area contributed by atoms with E-state index in [1.54, 1.807) is 0 Å². The Bertz CT molecular complexity index is 708. The number of hydrogen-bond acceptors (Lipinski definition) is 2. The van der Waals surface area contributed by atoms with Crippen molar-refractivity contribution >= 4 is 0 Å². The normalized spacial score (nSPS) is 12.0. The Morgan fingerprint density at radius 3 is 2.27 bits per heavy atom. The lowest BCUT2D eigenvalue weighted by Crippen LogP contribution is -2.10. The Kier molecular flexibility index (Phi) is 4.62. The summed E-state index contributed by atoms with van der Waals surface area (Å²) >= 11 is 0. The summed E-state index contributed by atoms with van der Waals surface area (Å²) in [6.07, 6.45) is 2.76. The van der Waals surface area contributed by atoms with Gasteiger partial charge in [-0.15, -0.1) is 0 Å². The summed E-state index contributed by atoms with van der Waals surface area (Å²) in [6, 6.07) is 25.1. The fourth-order valence-corrected chi connectivity index (χ4v) is 2.91. The smallest absolute Gasteiger partial charge is 0.0704 e. The molecule has 2 heteroatoms. The molecule has 1 atom stereocenters. The van der Waals surface area contributed by atoms with Crippen LogP contribution in [0.2, 0.25) is 0 Å². The van der Waals surface area contributed by atoms with Crippen molar-refractivity contribution in [3.8, 4) is 11.3 Å². The Morgan fingerprint density at radius 2 is 1.55 bits per heavy atom. The number of nitrogens with zero attached hydrogens (tertiary/aromatic N) is 1. The van der Waals surface area contributed by atoms with Crippen molar-refractivity contribution in [2.45, 2.75) is 12.3 Å². The van der Waals surface area contributed by atoms with Crippen LogP contribution in [0.3, 0.4) is 0 Å². The van der Waals surface area contributed by atoms with E-state index >= 15 is 0 Å². The SMILES string of the molecule is NCCC(c1ccccc1)c1ccccc1-c1ccccn1. The van der Waals surface area contributed by atoms with Crippen LogP contribution in [0.4, 0.5) is 0 Å².